The van der Waals surface area contributed by atoms with E-state index < -0.39 is 24.4 Å². The molecule has 0 saturated carbocycles. The van der Waals surface area contributed by atoms with Crippen LogP contribution in [-0.2, 0) is 9.59 Å². The first-order valence-electron chi connectivity index (χ1n) is 5.62. The van der Waals surface area contributed by atoms with Gasteiger partial charge in [0.25, 0.3) is 0 Å². The standard InChI is InChI=1S/C13H12N2O4/c16-12(17)7-11(13(18)19)15-9-3-4-10-8(6-9)2-1-5-14-10/h1-6,11,15H,7H2,(H,16,17)(H,18,19). The largest absolute Gasteiger partial charge is 0.481 e. The van der Waals surface area contributed by atoms with Crippen molar-refractivity contribution >= 4 is 28.5 Å². The van der Waals surface area contributed by atoms with E-state index in [0.717, 1.165) is 10.9 Å². The Morgan fingerprint density at radius 1 is 1.26 bits per heavy atom. The van der Waals surface area contributed by atoms with Crippen molar-refractivity contribution < 1.29 is 19.8 Å². The fourth-order valence-electron chi connectivity index (χ4n) is 1.74. The minimum absolute atomic E-state index is 0.486. The summed E-state index contributed by atoms with van der Waals surface area (Å²) in [6, 6.07) is 7.62. The summed E-state index contributed by atoms with van der Waals surface area (Å²) < 4.78 is 0. The molecule has 0 spiro atoms. The van der Waals surface area contributed by atoms with Gasteiger partial charge in [0, 0.05) is 17.3 Å². The van der Waals surface area contributed by atoms with Crippen LogP contribution in [0.25, 0.3) is 10.9 Å². The Labute approximate surface area is 108 Å². The molecule has 1 heterocycles. The topological polar surface area (TPSA) is 99.5 Å². The van der Waals surface area contributed by atoms with Crippen LogP contribution in [-0.4, -0.2) is 33.2 Å². The van der Waals surface area contributed by atoms with Gasteiger partial charge in [0.05, 0.1) is 11.9 Å². The molecule has 0 bridgehead atoms. The van der Waals surface area contributed by atoms with Crippen LogP contribution in [0.1, 0.15) is 6.42 Å². The van der Waals surface area contributed by atoms with Crippen molar-refractivity contribution in [3.63, 3.8) is 0 Å². The highest BCUT2D eigenvalue weighted by Gasteiger charge is 2.20. The smallest absolute Gasteiger partial charge is 0.326 e. The molecule has 0 radical (unpaired) electrons. The second-order valence-electron chi connectivity index (χ2n) is 4.04. The lowest BCUT2D eigenvalue weighted by molar-refractivity contribution is -0.144. The molecule has 2 aromatic rings. The summed E-state index contributed by atoms with van der Waals surface area (Å²) in [5, 5.41) is 21.2. The first kappa shape index (κ1) is 12.8. The Morgan fingerprint density at radius 2 is 2.05 bits per heavy atom. The van der Waals surface area contributed by atoms with Crippen molar-refractivity contribution in [1.82, 2.24) is 4.98 Å². The van der Waals surface area contributed by atoms with E-state index in [-0.39, 0.29) is 0 Å². The number of hydrogen-bond acceptors (Lipinski definition) is 4. The van der Waals surface area contributed by atoms with Crippen LogP contribution in [0.3, 0.4) is 0 Å². The van der Waals surface area contributed by atoms with E-state index in [1.54, 1.807) is 30.5 Å². The summed E-state index contributed by atoms with van der Waals surface area (Å²) >= 11 is 0. The highest BCUT2D eigenvalue weighted by Crippen LogP contribution is 2.18. The predicted octanol–water partition coefficient (Wildman–Crippen LogP) is 1.57. The summed E-state index contributed by atoms with van der Waals surface area (Å²) in [6.07, 6.45) is 1.18. The monoisotopic (exact) mass is 260 g/mol. The summed E-state index contributed by atoms with van der Waals surface area (Å²) in [6.45, 7) is 0. The van der Waals surface area contributed by atoms with Gasteiger partial charge in [0.15, 0.2) is 0 Å². The highest BCUT2D eigenvalue weighted by molar-refractivity contribution is 5.86. The number of rotatable bonds is 5. The second-order valence-corrected chi connectivity index (χ2v) is 4.04. The van der Waals surface area contributed by atoms with E-state index in [9.17, 15) is 9.59 Å². The predicted molar refractivity (Wildman–Crippen MR) is 69.0 cm³/mol. The lowest BCUT2D eigenvalue weighted by Crippen LogP contribution is -2.31. The SMILES string of the molecule is O=C(O)CC(Nc1ccc2ncccc2c1)C(=O)O. The zero-order valence-corrected chi connectivity index (χ0v) is 9.91. The number of aromatic nitrogens is 1. The number of aliphatic carboxylic acids is 2. The molecule has 0 aliphatic heterocycles. The van der Waals surface area contributed by atoms with Crippen molar-refractivity contribution in [2.24, 2.45) is 0 Å². The van der Waals surface area contributed by atoms with Crippen LogP contribution < -0.4 is 5.32 Å². The third-order valence-electron chi connectivity index (χ3n) is 2.62. The quantitative estimate of drug-likeness (QED) is 0.754. The average molecular weight is 260 g/mol. The lowest BCUT2D eigenvalue weighted by Gasteiger charge is -2.14. The maximum absolute atomic E-state index is 11.0. The third-order valence-corrected chi connectivity index (χ3v) is 2.62. The summed E-state index contributed by atoms with van der Waals surface area (Å²) in [7, 11) is 0. The fourth-order valence-corrected chi connectivity index (χ4v) is 1.74. The van der Waals surface area contributed by atoms with Crippen molar-refractivity contribution in [3.8, 4) is 0 Å². The zero-order valence-electron chi connectivity index (χ0n) is 9.91. The van der Waals surface area contributed by atoms with E-state index in [0.29, 0.717) is 5.69 Å². The lowest BCUT2D eigenvalue weighted by atomic mass is 10.1. The van der Waals surface area contributed by atoms with Crippen molar-refractivity contribution in [2.75, 3.05) is 5.32 Å². The zero-order chi connectivity index (χ0) is 13.8. The molecule has 2 rings (SSSR count). The van der Waals surface area contributed by atoms with E-state index in [1.165, 1.54) is 0 Å². The third kappa shape index (κ3) is 3.19. The van der Waals surface area contributed by atoms with E-state index >= 15 is 0 Å². The number of nitrogens with zero attached hydrogens (tertiary/aromatic N) is 1. The Morgan fingerprint density at radius 3 is 2.74 bits per heavy atom. The Kier molecular flexibility index (Phi) is 3.61. The number of carbonyl (C=O) groups is 2. The van der Waals surface area contributed by atoms with Crippen LogP contribution in [0.2, 0.25) is 0 Å². The molecule has 1 atom stereocenters. The minimum atomic E-state index is -1.20. The molecule has 0 fully saturated rings. The van der Waals surface area contributed by atoms with Gasteiger partial charge in [-0.25, -0.2) is 4.79 Å². The van der Waals surface area contributed by atoms with Gasteiger partial charge < -0.3 is 15.5 Å². The van der Waals surface area contributed by atoms with Crippen molar-refractivity contribution in [2.45, 2.75) is 12.5 Å². The molecule has 98 valence electrons. The normalized spacial score (nSPS) is 12.0. The van der Waals surface area contributed by atoms with Crippen molar-refractivity contribution in [1.29, 1.82) is 0 Å². The molecule has 19 heavy (non-hydrogen) atoms. The molecular formula is C13H12N2O4. The molecule has 1 aromatic heterocycles. The van der Waals surface area contributed by atoms with Crippen molar-refractivity contribution in [3.05, 3.63) is 36.5 Å². The van der Waals surface area contributed by atoms with Crippen LogP contribution in [0.5, 0.6) is 0 Å². The number of anilines is 1. The fraction of sp³-hybridized carbons (Fsp3) is 0.154. The maximum Gasteiger partial charge on any atom is 0.326 e. The van der Waals surface area contributed by atoms with Gasteiger partial charge in [-0.3, -0.25) is 9.78 Å². The van der Waals surface area contributed by atoms with Gasteiger partial charge in [0.1, 0.15) is 6.04 Å². The maximum atomic E-state index is 11.0. The molecule has 6 heteroatoms. The van der Waals surface area contributed by atoms with Crippen LogP contribution in [0, 0.1) is 0 Å². The van der Waals surface area contributed by atoms with Crippen LogP contribution >= 0.6 is 0 Å². The molecular weight excluding hydrogens is 248 g/mol. The van der Waals surface area contributed by atoms with Gasteiger partial charge >= 0.3 is 11.9 Å². The van der Waals surface area contributed by atoms with Gasteiger partial charge in [-0.2, -0.15) is 0 Å². The first-order valence-corrected chi connectivity index (χ1v) is 5.62. The molecule has 6 nitrogen and oxygen atoms in total. The highest BCUT2D eigenvalue weighted by atomic mass is 16.4. The summed E-state index contributed by atoms with van der Waals surface area (Å²) in [5.41, 5.74) is 1.34. The first-order chi connectivity index (χ1) is 9.06. The molecule has 3 N–H and O–H groups in total. The summed E-state index contributed by atoms with van der Waals surface area (Å²) in [4.78, 5) is 25.7. The number of nitrogens with one attached hydrogen (secondary N) is 1. The number of carboxylic acids is 2. The minimum Gasteiger partial charge on any atom is -0.481 e. The Balaban J connectivity index is 2.23. The van der Waals surface area contributed by atoms with E-state index in [4.69, 9.17) is 10.2 Å². The second kappa shape index (κ2) is 5.34. The molecule has 0 amide bonds. The number of fused-ring (bicyclic) bond motifs is 1. The average Bonchev–Trinajstić information content (AvgIpc) is 2.37. The van der Waals surface area contributed by atoms with E-state index in [1.807, 2.05) is 6.07 Å². The van der Waals surface area contributed by atoms with Gasteiger partial charge in [-0.05, 0) is 24.3 Å². The molecule has 0 saturated heterocycles. The van der Waals surface area contributed by atoms with Gasteiger partial charge in [-0.15, -0.1) is 0 Å². The van der Waals surface area contributed by atoms with Gasteiger partial charge in [-0.1, -0.05) is 6.07 Å². The molecule has 0 aliphatic carbocycles. The number of hydrogen-bond donors (Lipinski definition) is 3. The Hall–Kier alpha value is -2.63. The Bertz CT molecular complexity index is 627. The number of pyridine rings is 1. The van der Waals surface area contributed by atoms with E-state index in [2.05, 4.69) is 10.3 Å². The molecule has 1 unspecified atom stereocenters. The van der Waals surface area contributed by atoms with Gasteiger partial charge in [0.2, 0.25) is 0 Å². The van der Waals surface area contributed by atoms with Crippen LogP contribution in [0.4, 0.5) is 5.69 Å². The molecule has 1 aromatic carbocycles. The molecule has 0 aliphatic rings. The summed E-state index contributed by atoms with van der Waals surface area (Å²) in [5.74, 6) is -2.36. The van der Waals surface area contributed by atoms with Crippen LogP contribution in [0.15, 0.2) is 36.5 Å². The number of carboxylic acid groups (broad SMARTS) is 2. The number of benzene rings is 1.